The molecule has 1 saturated heterocycles. The number of hydrogen-bond acceptors (Lipinski definition) is 3. The van der Waals surface area contributed by atoms with E-state index in [0.717, 1.165) is 43.7 Å². The number of piperazine rings is 1. The molecule has 1 unspecified atom stereocenters. The first-order chi connectivity index (χ1) is 13.1. The maximum atomic E-state index is 12.8. The van der Waals surface area contributed by atoms with Gasteiger partial charge in [0.05, 0.1) is 6.54 Å². The Morgan fingerprint density at radius 1 is 1.15 bits per heavy atom. The molecular weight excluding hydrogens is 334 g/mol. The zero-order valence-electron chi connectivity index (χ0n) is 16.7. The molecule has 4 heteroatoms. The van der Waals surface area contributed by atoms with Crippen LogP contribution < -0.4 is 10.6 Å². The fraction of sp³-hybridized carbons (Fsp3) is 0.435. The highest BCUT2D eigenvalue weighted by Crippen LogP contribution is 2.24. The number of nitrogens with zero attached hydrogens (tertiary/aromatic N) is 1. The molecule has 2 aromatic carbocycles. The number of nitrogens with one attached hydrogen (secondary N) is 2. The standard InChI is InChI=1S/C23H31N3O/c1-4-18-9-11-20(12-10-18)21-15-24-13-14-26(21)16-22(27)25-23-17(3)7-6-8-19(23)5-2/h6-12,21,24H,4-5,13-16H2,1-3H3,(H,25,27). The van der Waals surface area contributed by atoms with E-state index >= 15 is 0 Å². The second-order valence-corrected chi connectivity index (χ2v) is 7.30. The average Bonchev–Trinajstić information content (AvgIpc) is 2.70. The SMILES string of the molecule is CCc1ccc(C2CNCCN2CC(=O)Nc2c(C)cccc2CC)cc1. The van der Waals surface area contributed by atoms with E-state index in [1.165, 1.54) is 16.7 Å². The van der Waals surface area contributed by atoms with Gasteiger partial charge < -0.3 is 10.6 Å². The van der Waals surface area contributed by atoms with Crippen LogP contribution in [-0.4, -0.2) is 37.0 Å². The predicted molar refractivity (Wildman–Crippen MR) is 112 cm³/mol. The molecule has 2 N–H and O–H groups in total. The highest BCUT2D eigenvalue weighted by Gasteiger charge is 2.25. The average molecular weight is 366 g/mol. The molecule has 1 atom stereocenters. The molecule has 0 radical (unpaired) electrons. The van der Waals surface area contributed by atoms with E-state index < -0.39 is 0 Å². The summed E-state index contributed by atoms with van der Waals surface area (Å²) in [4.78, 5) is 15.1. The molecule has 1 amide bonds. The van der Waals surface area contributed by atoms with E-state index in [1.807, 2.05) is 0 Å². The summed E-state index contributed by atoms with van der Waals surface area (Å²) in [7, 11) is 0. The van der Waals surface area contributed by atoms with Gasteiger partial charge in [0.15, 0.2) is 0 Å². The van der Waals surface area contributed by atoms with Crippen LogP contribution >= 0.6 is 0 Å². The van der Waals surface area contributed by atoms with Crippen molar-refractivity contribution in [3.8, 4) is 0 Å². The Bertz CT molecular complexity index is 770. The highest BCUT2D eigenvalue weighted by atomic mass is 16.2. The van der Waals surface area contributed by atoms with E-state index in [1.54, 1.807) is 0 Å². The zero-order chi connectivity index (χ0) is 19.2. The van der Waals surface area contributed by atoms with E-state index in [2.05, 4.69) is 78.8 Å². The number of rotatable bonds is 6. The lowest BCUT2D eigenvalue weighted by Crippen LogP contribution is -2.48. The minimum Gasteiger partial charge on any atom is -0.324 e. The van der Waals surface area contributed by atoms with Crippen molar-refractivity contribution in [2.45, 2.75) is 39.7 Å². The van der Waals surface area contributed by atoms with Crippen LogP contribution in [0.5, 0.6) is 0 Å². The molecule has 0 spiro atoms. The highest BCUT2D eigenvalue weighted by molar-refractivity contribution is 5.93. The Balaban J connectivity index is 1.71. The van der Waals surface area contributed by atoms with Crippen molar-refractivity contribution in [1.82, 2.24) is 10.2 Å². The van der Waals surface area contributed by atoms with Gasteiger partial charge in [-0.15, -0.1) is 0 Å². The summed E-state index contributed by atoms with van der Waals surface area (Å²) in [6.45, 7) is 9.43. The fourth-order valence-electron chi connectivity index (χ4n) is 3.81. The van der Waals surface area contributed by atoms with Crippen LogP contribution in [0.15, 0.2) is 42.5 Å². The van der Waals surface area contributed by atoms with Crippen molar-refractivity contribution in [2.24, 2.45) is 0 Å². The lowest BCUT2D eigenvalue weighted by Gasteiger charge is -2.36. The van der Waals surface area contributed by atoms with Gasteiger partial charge in [0.25, 0.3) is 0 Å². The molecule has 1 aliphatic rings. The molecular formula is C23H31N3O. The van der Waals surface area contributed by atoms with Crippen molar-refractivity contribution < 1.29 is 4.79 Å². The number of hydrogen-bond donors (Lipinski definition) is 2. The summed E-state index contributed by atoms with van der Waals surface area (Å²) in [5.74, 6) is 0.0658. The van der Waals surface area contributed by atoms with Gasteiger partial charge in [0.1, 0.15) is 0 Å². The third-order valence-electron chi connectivity index (χ3n) is 5.48. The predicted octanol–water partition coefficient (Wildman–Crippen LogP) is 3.70. The van der Waals surface area contributed by atoms with Gasteiger partial charge in [-0.05, 0) is 42.0 Å². The van der Waals surface area contributed by atoms with Crippen molar-refractivity contribution >= 4 is 11.6 Å². The third-order valence-corrected chi connectivity index (χ3v) is 5.48. The second kappa shape index (κ2) is 9.16. The van der Waals surface area contributed by atoms with Crippen LogP contribution in [0.3, 0.4) is 0 Å². The number of carbonyl (C=O) groups excluding carboxylic acids is 1. The zero-order valence-corrected chi connectivity index (χ0v) is 16.7. The molecule has 0 aliphatic carbocycles. The minimum atomic E-state index is 0.0658. The molecule has 1 fully saturated rings. The molecule has 2 aromatic rings. The van der Waals surface area contributed by atoms with Gasteiger partial charge in [0.2, 0.25) is 5.91 Å². The van der Waals surface area contributed by atoms with Gasteiger partial charge in [0, 0.05) is 31.4 Å². The van der Waals surface area contributed by atoms with Crippen LogP contribution in [0.25, 0.3) is 0 Å². The Morgan fingerprint density at radius 2 is 1.93 bits per heavy atom. The summed E-state index contributed by atoms with van der Waals surface area (Å²) < 4.78 is 0. The van der Waals surface area contributed by atoms with Crippen LogP contribution in [0.4, 0.5) is 5.69 Å². The lowest BCUT2D eigenvalue weighted by atomic mass is 10.0. The lowest BCUT2D eigenvalue weighted by molar-refractivity contribution is -0.118. The number of benzene rings is 2. The Morgan fingerprint density at radius 3 is 2.63 bits per heavy atom. The maximum absolute atomic E-state index is 12.8. The number of carbonyl (C=O) groups is 1. The fourth-order valence-corrected chi connectivity index (χ4v) is 3.81. The summed E-state index contributed by atoms with van der Waals surface area (Å²) >= 11 is 0. The summed E-state index contributed by atoms with van der Waals surface area (Å²) in [6.07, 6.45) is 1.96. The molecule has 0 bridgehead atoms. The molecule has 1 heterocycles. The van der Waals surface area contributed by atoms with Crippen molar-refractivity contribution in [2.75, 3.05) is 31.5 Å². The summed E-state index contributed by atoms with van der Waals surface area (Å²) in [5, 5.41) is 6.64. The molecule has 4 nitrogen and oxygen atoms in total. The van der Waals surface area contributed by atoms with Crippen molar-refractivity contribution in [1.29, 1.82) is 0 Å². The molecule has 3 rings (SSSR count). The van der Waals surface area contributed by atoms with Crippen molar-refractivity contribution in [3.63, 3.8) is 0 Å². The Hall–Kier alpha value is -2.17. The number of aryl methyl sites for hydroxylation is 3. The normalized spacial score (nSPS) is 17.7. The van der Waals surface area contributed by atoms with Crippen LogP contribution in [-0.2, 0) is 17.6 Å². The van der Waals surface area contributed by atoms with Crippen LogP contribution in [0.1, 0.15) is 42.1 Å². The van der Waals surface area contributed by atoms with Gasteiger partial charge >= 0.3 is 0 Å². The summed E-state index contributed by atoms with van der Waals surface area (Å²) in [5.41, 5.74) is 5.91. The smallest absolute Gasteiger partial charge is 0.238 e. The van der Waals surface area contributed by atoms with Crippen LogP contribution in [0.2, 0.25) is 0 Å². The first kappa shape index (κ1) is 19.6. The Labute approximate surface area is 163 Å². The molecule has 27 heavy (non-hydrogen) atoms. The summed E-state index contributed by atoms with van der Waals surface area (Å²) in [6, 6.07) is 15.2. The third kappa shape index (κ3) is 4.76. The number of para-hydroxylation sites is 1. The second-order valence-electron chi connectivity index (χ2n) is 7.30. The topological polar surface area (TPSA) is 44.4 Å². The molecule has 0 saturated carbocycles. The first-order valence-corrected chi connectivity index (χ1v) is 10.0. The van der Waals surface area contributed by atoms with E-state index in [9.17, 15) is 4.79 Å². The van der Waals surface area contributed by atoms with Gasteiger partial charge in [-0.25, -0.2) is 0 Å². The van der Waals surface area contributed by atoms with E-state index in [0.29, 0.717) is 6.54 Å². The van der Waals surface area contributed by atoms with Crippen molar-refractivity contribution in [3.05, 3.63) is 64.7 Å². The van der Waals surface area contributed by atoms with Crippen LogP contribution in [0, 0.1) is 6.92 Å². The number of amides is 1. The quantitative estimate of drug-likeness (QED) is 0.820. The van der Waals surface area contributed by atoms with Gasteiger partial charge in [-0.1, -0.05) is 56.3 Å². The monoisotopic (exact) mass is 365 g/mol. The maximum Gasteiger partial charge on any atom is 0.238 e. The van der Waals surface area contributed by atoms with E-state index in [-0.39, 0.29) is 11.9 Å². The van der Waals surface area contributed by atoms with Gasteiger partial charge in [-0.3, -0.25) is 9.69 Å². The minimum absolute atomic E-state index is 0.0658. The Kier molecular flexibility index (Phi) is 6.64. The largest absolute Gasteiger partial charge is 0.324 e. The number of anilines is 1. The van der Waals surface area contributed by atoms with Gasteiger partial charge in [-0.2, -0.15) is 0 Å². The van der Waals surface area contributed by atoms with E-state index in [4.69, 9.17) is 0 Å². The molecule has 144 valence electrons. The molecule has 0 aromatic heterocycles. The first-order valence-electron chi connectivity index (χ1n) is 10.0. The molecule has 1 aliphatic heterocycles.